The van der Waals surface area contributed by atoms with E-state index in [0.29, 0.717) is 22.0 Å². The Balaban J connectivity index is 0.00000387. The molecule has 0 radical (unpaired) electrons. The molecule has 0 unspecified atom stereocenters. The molecule has 224 valence electrons. The summed E-state index contributed by atoms with van der Waals surface area (Å²) in [4.78, 5) is 32.7. The lowest BCUT2D eigenvalue weighted by molar-refractivity contribution is -0.133. The van der Waals surface area contributed by atoms with E-state index in [9.17, 15) is 14.7 Å². The van der Waals surface area contributed by atoms with Gasteiger partial charge in [-0.3, -0.25) is 14.5 Å². The van der Waals surface area contributed by atoms with E-state index in [-0.39, 0.29) is 47.8 Å². The first kappa shape index (κ1) is 32.1. The Morgan fingerprint density at radius 1 is 0.878 bits per heavy atom. The van der Waals surface area contributed by atoms with Crippen LogP contribution in [0.4, 0.5) is 0 Å². The summed E-state index contributed by atoms with van der Waals surface area (Å²) in [5.74, 6) is 0.118. The highest BCUT2D eigenvalue weighted by atomic mass is 35.5. The number of hydrogen-bond acceptors (Lipinski definition) is 4. The molecule has 0 aromatic heterocycles. The molecule has 2 saturated heterocycles. The van der Waals surface area contributed by atoms with Gasteiger partial charge in [-0.15, -0.1) is 12.4 Å². The van der Waals surface area contributed by atoms with Gasteiger partial charge in [0.05, 0.1) is 6.10 Å². The van der Waals surface area contributed by atoms with Crippen molar-refractivity contribution in [2.24, 2.45) is 5.92 Å². The molecule has 2 aromatic rings. The van der Waals surface area contributed by atoms with Gasteiger partial charge in [0.1, 0.15) is 0 Å². The van der Waals surface area contributed by atoms with Crippen LogP contribution in [-0.4, -0.2) is 82.0 Å². The third-order valence-corrected chi connectivity index (χ3v) is 9.70. The molecular weight excluding hydrogens is 581 g/mol. The molecule has 2 heterocycles. The normalized spacial score (nSPS) is 24.0. The number of halogens is 3. The molecule has 6 nitrogen and oxygen atoms in total. The fraction of sp³-hybridized carbons (Fsp3) is 0.562. The van der Waals surface area contributed by atoms with Gasteiger partial charge in [-0.25, -0.2) is 0 Å². The quantitative estimate of drug-likeness (QED) is 0.423. The van der Waals surface area contributed by atoms with Crippen LogP contribution in [-0.2, 0) is 11.2 Å². The molecular formula is C32H42Cl3N3O3. The van der Waals surface area contributed by atoms with E-state index in [2.05, 4.69) is 25.7 Å². The molecule has 3 fully saturated rings. The minimum atomic E-state index is -0.230. The number of aliphatic hydroxyl groups excluding tert-OH is 1. The van der Waals surface area contributed by atoms with Crippen LogP contribution in [0.5, 0.6) is 0 Å². The number of carbonyl (C=O) groups excluding carboxylic acids is 2. The van der Waals surface area contributed by atoms with E-state index >= 15 is 0 Å². The van der Waals surface area contributed by atoms with E-state index in [1.54, 1.807) is 0 Å². The van der Waals surface area contributed by atoms with Gasteiger partial charge >= 0.3 is 0 Å². The summed E-state index contributed by atoms with van der Waals surface area (Å²) >= 11 is 13.5. The number of hydrogen-bond donors (Lipinski definition) is 1. The second-order valence-electron chi connectivity index (χ2n) is 12.6. The zero-order valence-electron chi connectivity index (χ0n) is 24.2. The Labute approximate surface area is 260 Å². The predicted octanol–water partition coefficient (Wildman–Crippen LogP) is 6.33. The molecule has 0 bridgehead atoms. The van der Waals surface area contributed by atoms with Crippen molar-refractivity contribution in [2.75, 3.05) is 32.7 Å². The summed E-state index contributed by atoms with van der Waals surface area (Å²) < 4.78 is 0. The molecule has 1 atom stereocenters. The average molecular weight is 623 g/mol. The maximum Gasteiger partial charge on any atom is 0.253 e. The SMILES string of the molecule is CC(C)(C)N1CCN(C(=O)c2ccc(-c3cc(Cl)c(C[C@@H]4CCN([C@H]5CC[C@@H](O)CC5)C4=O)c(Cl)c3)cc2)CC1.Cl. The molecule has 2 amide bonds. The first-order valence-corrected chi connectivity index (χ1v) is 15.4. The molecule has 41 heavy (non-hydrogen) atoms. The van der Waals surface area contributed by atoms with Crippen molar-refractivity contribution in [1.82, 2.24) is 14.7 Å². The molecule has 2 aromatic carbocycles. The first-order valence-electron chi connectivity index (χ1n) is 14.6. The van der Waals surface area contributed by atoms with Crippen LogP contribution in [0.15, 0.2) is 36.4 Å². The van der Waals surface area contributed by atoms with Gasteiger partial charge in [0.25, 0.3) is 5.91 Å². The average Bonchev–Trinajstić information content (AvgIpc) is 3.30. The molecule has 1 aliphatic carbocycles. The van der Waals surface area contributed by atoms with Crippen LogP contribution in [0.1, 0.15) is 68.8 Å². The molecule has 1 N–H and O–H groups in total. The summed E-state index contributed by atoms with van der Waals surface area (Å²) in [6, 6.07) is 11.7. The number of aliphatic hydroxyl groups is 1. The van der Waals surface area contributed by atoms with Gasteiger partial charge in [0, 0.05) is 65.8 Å². The zero-order chi connectivity index (χ0) is 28.6. The molecule has 2 aliphatic heterocycles. The number of likely N-dealkylation sites (tertiary alicyclic amines) is 1. The fourth-order valence-corrected chi connectivity index (χ4v) is 7.11. The maximum atomic E-state index is 13.2. The Kier molecular flexibility index (Phi) is 10.3. The van der Waals surface area contributed by atoms with Gasteiger partial charge in [-0.1, -0.05) is 35.3 Å². The molecule has 0 spiro atoms. The standard InChI is InChI=1S/C32H41Cl2N3O3.ClH/c1-32(2,3)36-16-14-35(15-17-36)30(39)22-6-4-21(5-7-22)24-19-28(33)27(29(34)20-24)18-23-12-13-37(31(23)40)25-8-10-26(38)11-9-25;/h4-7,19-20,23,25-26,38H,8-18H2,1-3H3;1H/t23-,25-,26+;/m0./s1. The van der Waals surface area contributed by atoms with E-state index in [1.165, 1.54) is 0 Å². The Bertz CT molecular complexity index is 1210. The van der Waals surface area contributed by atoms with E-state index in [0.717, 1.165) is 81.5 Å². The van der Waals surface area contributed by atoms with Crippen LogP contribution >= 0.6 is 35.6 Å². The number of piperazine rings is 1. The number of rotatable bonds is 5. The van der Waals surface area contributed by atoms with Crippen LogP contribution in [0.3, 0.4) is 0 Å². The zero-order valence-corrected chi connectivity index (χ0v) is 26.6. The van der Waals surface area contributed by atoms with Crippen LogP contribution in [0.2, 0.25) is 10.0 Å². The minimum absolute atomic E-state index is 0. The molecule has 5 rings (SSSR count). The van der Waals surface area contributed by atoms with Crippen molar-refractivity contribution < 1.29 is 14.7 Å². The van der Waals surface area contributed by atoms with E-state index in [1.807, 2.05) is 46.2 Å². The first-order chi connectivity index (χ1) is 19.0. The van der Waals surface area contributed by atoms with Gasteiger partial charge in [0.15, 0.2) is 0 Å². The topological polar surface area (TPSA) is 64.1 Å². The van der Waals surface area contributed by atoms with Crippen LogP contribution < -0.4 is 0 Å². The van der Waals surface area contributed by atoms with Crippen molar-refractivity contribution in [3.05, 3.63) is 57.6 Å². The monoisotopic (exact) mass is 621 g/mol. The fourth-order valence-electron chi connectivity index (χ4n) is 6.46. The third-order valence-electron chi connectivity index (χ3n) is 9.03. The summed E-state index contributed by atoms with van der Waals surface area (Å²) in [7, 11) is 0. The highest BCUT2D eigenvalue weighted by Gasteiger charge is 2.37. The van der Waals surface area contributed by atoms with Gasteiger partial charge in [-0.05, 0) is 100 Å². The van der Waals surface area contributed by atoms with E-state index < -0.39 is 0 Å². The number of benzene rings is 2. The summed E-state index contributed by atoms with van der Waals surface area (Å²) in [5, 5.41) is 10.9. The van der Waals surface area contributed by atoms with E-state index in [4.69, 9.17) is 23.2 Å². The Morgan fingerprint density at radius 3 is 2.02 bits per heavy atom. The highest BCUT2D eigenvalue weighted by Crippen LogP contribution is 2.37. The lowest BCUT2D eigenvalue weighted by atomic mass is 9.92. The lowest BCUT2D eigenvalue weighted by Gasteiger charge is -2.42. The lowest BCUT2D eigenvalue weighted by Crippen LogP contribution is -2.54. The van der Waals surface area contributed by atoms with Crippen molar-refractivity contribution in [3.63, 3.8) is 0 Å². The molecule has 1 saturated carbocycles. The van der Waals surface area contributed by atoms with Gasteiger partial charge in [-0.2, -0.15) is 0 Å². The maximum absolute atomic E-state index is 13.2. The van der Waals surface area contributed by atoms with Crippen molar-refractivity contribution in [2.45, 2.75) is 77.0 Å². The second kappa shape index (κ2) is 13.2. The number of carbonyl (C=O) groups is 2. The number of nitrogens with zero attached hydrogens (tertiary/aromatic N) is 3. The van der Waals surface area contributed by atoms with Crippen LogP contribution in [0.25, 0.3) is 11.1 Å². The number of amides is 2. The second-order valence-corrected chi connectivity index (χ2v) is 13.4. The predicted molar refractivity (Wildman–Crippen MR) is 168 cm³/mol. The van der Waals surface area contributed by atoms with Crippen molar-refractivity contribution in [1.29, 1.82) is 0 Å². The smallest absolute Gasteiger partial charge is 0.253 e. The Hall–Kier alpha value is -1.83. The Morgan fingerprint density at radius 2 is 1.46 bits per heavy atom. The van der Waals surface area contributed by atoms with Crippen LogP contribution in [0, 0.1) is 5.92 Å². The van der Waals surface area contributed by atoms with Gasteiger partial charge < -0.3 is 14.9 Å². The van der Waals surface area contributed by atoms with Crippen molar-refractivity contribution >= 4 is 47.4 Å². The minimum Gasteiger partial charge on any atom is -0.393 e. The largest absolute Gasteiger partial charge is 0.393 e. The third kappa shape index (κ3) is 7.22. The summed E-state index contributed by atoms with van der Waals surface area (Å²) in [5.41, 5.74) is 3.43. The van der Waals surface area contributed by atoms with Crippen molar-refractivity contribution in [3.8, 4) is 11.1 Å². The summed E-state index contributed by atoms with van der Waals surface area (Å²) in [6.07, 6.45) is 4.37. The highest BCUT2D eigenvalue weighted by molar-refractivity contribution is 6.36. The summed E-state index contributed by atoms with van der Waals surface area (Å²) in [6.45, 7) is 10.6. The van der Waals surface area contributed by atoms with Gasteiger partial charge in [0.2, 0.25) is 5.91 Å². The molecule has 9 heteroatoms. The molecule has 3 aliphatic rings.